The molecule has 1 heterocycles. The molecule has 0 aliphatic heterocycles. The molecule has 0 saturated carbocycles. The van der Waals surface area contributed by atoms with Crippen molar-refractivity contribution in [1.82, 2.24) is 9.90 Å². The molecule has 0 aliphatic rings. The van der Waals surface area contributed by atoms with Gasteiger partial charge in [-0.15, -0.1) is 9.36 Å². The molecule has 4 rings (SSSR count). The van der Waals surface area contributed by atoms with Crippen LogP contribution in [0.3, 0.4) is 0 Å². The van der Waals surface area contributed by atoms with E-state index in [0.29, 0.717) is 13.1 Å². The summed E-state index contributed by atoms with van der Waals surface area (Å²) in [5.74, 6) is -0.499. The lowest BCUT2D eigenvalue weighted by atomic mass is 10.2. The first-order chi connectivity index (χ1) is 12.2. The van der Waals surface area contributed by atoms with Gasteiger partial charge in [-0.3, -0.25) is 0 Å². The van der Waals surface area contributed by atoms with Crippen molar-refractivity contribution in [2.45, 2.75) is 13.1 Å². The Labute approximate surface area is 143 Å². The van der Waals surface area contributed by atoms with E-state index in [0.717, 1.165) is 22.2 Å². The van der Waals surface area contributed by atoms with E-state index in [9.17, 15) is 8.78 Å². The first-order valence-electron chi connectivity index (χ1n) is 8.03. The summed E-state index contributed by atoms with van der Waals surface area (Å²) in [6, 6.07) is 20.8. The molecule has 1 aromatic heterocycles. The second-order valence-electron chi connectivity index (χ2n) is 5.95. The fraction of sp³-hybridized carbons (Fsp3) is 0.100. The Bertz CT molecular complexity index is 924. The van der Waals surface area contributed by atoms with Crippen LogP contribution in [0.5, 0.6) is 0 Å². The number of hydrogen-bond acceptors (Lipinski definition) is 1. The van der Waals surface area contributed by atoms with Crippen LogP contribution in [-0.4, -0.2) is 9.90 Å². The van der Waals surface area contributed by atoms with Crippen LogP contribution < -0.4 is 4.68 Å². The highest BCUT2D eigenvalue weighted by Gasteiger charge is 2.18. The smallest absolute Gasteiger partial charge is 0.198 e. The molecule has 124 valence electrons. The normalized spacial score (nSPS) is 11.1. The highest BCUT2D eigenvalue weighted by Crippen LogP contribution is 2.13. The number of aromatic nitrogens is 3. The lowest BCUT2D eigenvalue weighted by Crippen LogP contribution is -2.37. The first kappa shape index (κ1) is 15.4. The van der Waals surface area contributed by atoms with Crippen molar-refractivity contribution in [1.29, 1.82) is 0 Å². The summed E-state index contributed by atoms with van der Waals surface area (Å²) in [5, 5.41) is 4.67. The third kappa shape index (κ3) is 3.26. The minimum absolute atomic E-state index is 0.250. The first-order valence-corrected chi connectivity index (χ1v) is 8.03. The van der Waals surface area contributed by atoms with E-state index in [1.807, 2.05) is 33.6 Å². The van der Waals surface area contributed by atoms with Crippen molar-refractivity contribution in [2.75, 3.05) is 0 Å². The average Bonchev–Trinajstić information content (AvgIpc) is 2.97. The van der Waals surface area contributed by atoms with Crippen LogP contribution in [0, 0.1) is 11.6 Å². The minimum Gasteiger partial charge on any atom is -0.207 e. The van der Waals surface area contributed by atoms with Crippen LogP contribution in [0.2, 0.25) is 0 Å². The van der Waals surface area contributed by atoms with Gasteiger partial charge in [0.25, 0.3) is 0 Å². The van der Waals surface area contributed by atoms with Gasteiger partial charge in [-0.05, 0) is 47.5 Å². The van der Waals surface area contributed by atoms with Crippen molar-refractivity contribution in [3.63, 3.8) is 0 Å². The number of nitrogens with zero attached hydrogens (tertiary/aromatic N) is 3. The fourth-order valence-electron chi connectivity index (χ4n) is 2.89. The molecule has 0 N–H and O–H groups in total. The Hall–Kier alpha value is -3.08. The molecule has 0 saturated heterocycles. The van der Waals surface area contributed by atoms with Crippen LogP contribution in [0.25, 0.3) is 11.0 Å². The maximum atomic E-state index is 13.1. The molecule has 3 aromatic carbocycles. The second kappa shape index (κ2) is 6.43. The molecule has 0 fully saturated rings. The molecular formula is C20H16F2N3+. The van der Waals surface area contributed by atoms with Crippen molar-refractivity contribution < 1.29 is 13.5 Å². The van der Waals surface area contributed by atoms with E-state index in [1.54, 1.807) is 24.3 Å². The number of benzene rings is 3. The van der Waals surface area contributed by atoms with Crippen LogP contribution in [0.1, 0.15) is 11.1 Å². The molecule has 25 heavy (non-hydrogen) atoms. The monoisotopic (exact) mass is 336 g/mol. The fourth-order valence-corrected chi connectivity index (χ4v) is 2.89. The van der Waals surface area contributed by atoms with Gasteiger partial charge >= 0.3 is 0 Å². The van der Waals surface area contributed by atoms with Gasteiger partial charge in [0.2, 0.25) is 0 Å². The van der Waals surface area contributed by atoms with Gasteiger partial charge in [0.1, 0.15) is 24.7 Å². The summed E-state index contributed by atoms with van der Waals surface area (Å²) in [7, 11) is 0. The quantitative estimate of drug-likeness (QED) is 0.521. The number of hydrogen-bond donors (Lipinski definition) is 0. The number of para-hydroxylation sites is 2. The van der Waals surface area contributed by atoms with Gasteiger partial charge in [0.15, 0.2) is 11.0 Å². The summed E-state index contributed by atoms with van der Waals surface area (Å²) in [5.41, 5.74) is 3.94. The van der Waals surface area contributed by atoms with Gasteiger partial charge in [-0.2, -0.15) is 0 Å². The Kier molecular flexibility index (Phi) is 3.98. The van der Waals surface area contributed by atoms with Gasteiger partial charge in [0.05, 0.1) is 5.21 Å². The van der Waals surface area contributed by atoms with Crippen LogP contribution in [0.4, 0.5) is 8.78 Å². The Balaban J connectivity index is 1.70. The zero-order chi connectivity index (χ0) is 17.2. The zero-order valence-electron chi connectivity index (χ0n) is 13.4. The lowest BCUT2D eigenvalue weighted by molar-refractivity contribution is -0.724. The van der Waals surface area contributed by atoms with Crippen LogP contribution >= 0.6 is 0 Å². The van der Waals surface area contributed by atoms with Crippen molar-refractivity contribution in [2.24, 2.45) is 0 Å². The SMILES string of the molecule is Fc1ccc(Cn2n[n+](Cc3ccc(F)cc3)c3ccccc32)cc1. The largest absolute Gasteiger partial charge is 0.207 e. The highest BCUT2D eigenvalue weighted by molar-refractivity contribution is 5.70. The molecule has 0 amide bonds. The molecule has 0 radical (unpaired) electrons. The minimum atomic E-state index is -0.250. The van der Waals surface area contributed by atoms with Gasteiger partial charge in [-0.1, -0.05) is 36.4 Å². The summed E-state index contributed by atoms with van der Waals surface area (Å²) < 4.78 is 30.0. The molecule has 0 aliphatic carbocycles. The highest BCUT2D eigenvalue weighted by atomic mass is 19.1. The Morgan fingerprint density at radius 1 is 0.760 bits per heavy atom. The summed E-state index contributed by atoms with van der Waals surface area (Å²) >= 11 is 0. The van der Waals surface area contributed by atoms with Crippen molar-refractivity contribution in [3.05, 3.63) is 95.6 Å². The predicted octanol–water partition coefficient (Wildman–Crippen LogP) is 3.70. The van der Waals surface area contributed by atoms with E-state index < -0.39 is 0 Å². The summed E-state index contributed by atoms with van der Waals surface area (Å²) in [4.78, 5) is 0. The number of fused-ring (bicyclic) bond motifs is 1. The van der Waals surface area contributed by atoms with Crippen LogP contribution in [-0.2, 0) is 13.1 Å². The standard InChI is InChI=1S/C20H16F2N3/c21-17-9-5-15(6-10-17)13-24-19-3-1-2-4-20(19)25(23-24)14-16-7-11-18(22)12-8-16/h1-12H,13-14H2/q+1. The lowest BCUT2D eigenvalue weighted by Gasteiger charge is -1.97. The number of rotatable bonds is 4. The van der Waals surface area contributed by atoms with Gasteiger partial charge < -0.3 is 0 Å². The van der Waals surface area contributed by atoms with E-state index in [1.165, 1.54) is 24.3 Å². The molecule has 0 atom stereocenters. The van der Waals surface area contributed by atoms with E-state index >= 15 is 0 Å². The van der Waals surface area contributed by atoms with Crippen LogP contribution in [0.15, 0.2) is 72.8 Å². The summed E-state index contributed by atoms with van der Waals surface area (Å²) in [6.45, 7) is 1.11. The molecular weight excluding hydrogens is 320 g/mol. The van der Waals surface area contributed by atoms with E-state index in [4.69, 9.17) is 0 Å². The topological polar surface area (TPSA) is 21.7 Å². The van der Waals surface area contributed by atoms with Gasteiger partial charge in [0, 0.05) is 0 Å². The average molecular weight is 336 g/mol. The Morgan fingerprint density at radius 2 is 1.36 bits per heavy atom. The zero-order valence-corrected chi connectivity index (χ0v) is 13.4. The summed E-state index contributed by atoms with van der Waals surface area (Å²) in [6.07, 6.45) is 0. The third-order valence-electron chi connectivity index (χ3n) is 4.15. The molecule has 4 aromatic rings. The maximum absolute atomic E-state index is 13.1. The predicted molar refractivity (Wildman–Crippen MR) is 90.9 cm³/mol. The maximum Gasteiger partial charge on any atom is 0.198 e. The van der Waals surface area contributed by atoms with E-state index in [-0.39, 0.29) is 11.6 Å². The molecule has 0 bridgehead atoms. The molecule has 3 nitrogen and oxygen atoms in total. The van der Waals surface area contributed by atoms with Crippen molar-refractivity contribution >= 4 is 11.0 Å². The second-order valence-corrected chi connectivity index (χ2v) is 5.95. The molecule has 5 heteroatoms. The van der Waals surface area contributed by atoms with Gasteiger partial charge in [-0.25, -0.2) is 8.78 Å². The Morgan fingerprint density at radius 3 is 2.04 bits per heavy atom. The third-order valence-corrected chi connectivity index (χ3v) is 4.15. The molecule has 0 spiro atoms. The van der Waals surface area contributed by atoms with Crippen molar-refractivity contribution in [3.8, 4) is 0 Å². The molecule has 0 unspecified atom stereocenters. The van der Waals surface area contributed by atoms with E-state index in [2.05, 4.69) is 5.21 Å². The number of halogens is 2.